The fourth-order valence-electron chi connectivity index (χ4n) is 3.33. The number of hydrazone groups is 1. The second-order valence-electron chi connectivity index (χ2n) is 7.38. The summed E-state index contributed by atoms with van der Waals surface area (Å²) < 4.78 is 11.4. The zero-order valence-electron chi connectivity index (χ0n) is 18.3. The highest BCUT2D eigenvalue weighted by Crippen LogP contribution is 2.36. The molecule has 0 N–H and O–H groups in total. The molecule has 1 aliphatic heterocycles. The molecule has 14 heteroatoms. The number of carbonyl (C=O) groups is 1. The summed E-state index contributed by atoms with van der Waals surface area (Å²) in [6.07, 6.45) is -0.973. The van der Waals surface area contributed by atoms with Crippen LogP contribution >= 0.6 is 0 Å². The van der Waals surface area contributed by atoms with Gasteiger partial charge in [-0.05, 0) is 36.4 Å². The Morgan fingerprint density at radius 3 is 2.19 bits per heavy atom. The summed E-state index contributed by atoms with van der Waals surface area (Å²) in [6.45, 7) is 1.28. The molecule has 0 unspecified atom stereocenters. The first kappa shape index (κ1) is 23.7. The van der Waals surface area contributed by atoms with Crippen LogP contribution in [0.15, 0.2) is 71.8 Å². The van der Waals surface area contributed by atoms with Crippen LogP contribution in [0.5, 0.6) is 11.5 Å². The molecule has 1 atom stereocenters. The average molecular weight is 493 g/mol. The van der Waals surface area contributed by atoms with E-state index in [-0.39, 0.29) is 23.1 Å². The minimum Gasteiger partial charge on any atom is -0.450 e. The number of benzene rings is 3. The van der Waals surface area contributed by atoms with E-state index < -0.39 is 38.3 Å². The molecular formula is C22H15N5O9. The molecule has 0 bridgehead atoms. The third-order valence-corrected chi connectivity index (χ3v) is 5.01. The lowest BCUT2D eigenvalue weighted by Crippen LogP contribution is -2.25. The molecule has 0 spiro atoms. The summed E-state index contributed by atoms with van der Waals surface area (Å²) >= 11 is 0. The van der Waals surface area contributed by atoms with Crippen LogP contribution < -0.4 is 4.74 Å². The molecule has 182 valence electrons. The summed E-state index contributed by atoms with van der Waals surface area (Å²) in [6, 6.07) is 14.6. The van der Waals surface area contributed by atoms with E-state index in [9.17, 15) is 35.1 Å². The Labute approximate surface area is 201 Å². The van der Waals surface area contributed by atoms with Crippen LogP contribution in [0.3, 0.4) is 0 Å². The first-order valence-electron chi connectivity index (χ1n) is 10.1. The fraction of sp³-hybridized carbons (Fsp3) is 0.0909. The number of ether oxygens (including phenoxy) is 2. The number of nitro groups is 3. The Bertz CT molecular complexity index is 1420. The number of carbonyl (C=O) groups excluding carboxylic acids is 1. The summed E-state index contributed by atoms with van der Waals surface area (Å²) in [5.74, 6) is -0.442. The van der Waals surface area contributed by atoms with Crippen LogP contribution in [0.25, 0.3) is 0 Å². The summed E-state index contributed by atoms with van der Waals surface area (Å²) in [7, 11) is 0. The molecule has 1 amide bonds. The van der Waals surface area contributed by atoms with E-state index in [4.69, 9.17) is 9.47 Å². The molecule has 1 heterocycles. The molecular weight excluding hydrogens is 478 g/mol. The van der Waals surface area contributed by atoms with E-state index in [1.807, 2.05) is 0 Å². The maximum atomic E-state index is 12.2. The number of nitro benzene ring substituents is 3. The number of hydrogen-bond acceptors (Lipinski definition) is 10. The van der Waals surface area contributed by atoms with Crippen LogP contribution in [0.1, 0.15) is 24.3 Å². The van der Waals surface area contributed by atoms with Crippen molar-refractivity contribution in [1.29, 1.82) is 0 Å². The van der Waals surface area contributed by atoms with E-state index in [2.05, 4.69) is 5.10 Å². The maximum absolute atomic E-state index is 12.2. The second kappa shape index (κ2) is 9.46. The van der Waals surface area contributed by atoms with Gasteiger partial charge in [0.1, 0.15) is 5.75 Å². The van der Waals surface area contributed by atoms with Crippen LogP contribution in [0, 0.1) is 30.3 Å². The number of amides is 1. The van der Waals surface area contributed by atoms with Crippen molar-refractivity contribution in [3.05, 3.63) is 108 Å². The van der Waals surface area contributed by atoms with Crippen molar-refractivity contribution in [2.24, 2.45) is 5.10 Å². The molecule has 36 heavy (non-hydrogen) atoms. The van der Waals surface area contributed by atoms with E-state index in [0.29, 0.717) is 11.1 Å². The quantitative estimate of drug-likeness (QED) is 0.339. The number of non-ortho nitro benzene ring substituents is 2. The predicted molar refractivity (Wildman–Crippen MR) is 122 cm³/mol. The molecule has 3 aromatic carbocycles. The van der Waals surface area contributed by atoms with Gasteiger partial charge in [-0.3, -0.25) is 35.1 Å². The van der Waals surface area contributed by atoms with Gasteiger partial charge in [0.15, 0.2) is 0 Å². The van der Waals surface area contributed by atoms with Crippen LogP contribution in [-0.4, -0.2) is 31.6 Å². The minimum atomic E-state index is -0.973. The summed E-state index contributed by atoms with van der Waals surface area (Å²) in [4.78, 5) is 43.4. The summed E-state index contributed by atoms with van der Waals surface area (Å²) in [5, 5.41) is 38.5. The van der Waals surface area contributed by atoms with E-state index in [0.717, 1.165) is 23.2 Å². The number of hydrogen-bond donors (Lipinski definition) is 0. The van der Waals surface area contributed by atoms with Crippen molar-refractivity contribution in [3.8, 4) is 11.5 Å². The van der Waals surface area contributed by atoms with E-state index in [1.165, 1.54) is 37.3 Å². The first-order valence-corrected chi connectivity index (χ1v) is 10.1. The van der Waals surface area contributed by atoms with Crippen molar-refractivity contribution < 1.29 is 29.0 Å². The fourth-order valence-corrected chi connectivity index (χ4v) is 3.33. The van der Waals surface area contributed by atoms with Gasteiger partial charge in [-0.1, -0.05) is 6.07 Å². The lowest BCUT2D eigenvalue weighted by Gasteiger charge is -2.19. The molecule has 0 fully saturated rings. The van der Waals surface area contributed by atoms with E-state index >= 15 is 0 Å². The Morgan fingerprint density at radius 1 is 0.917 bits per heavy atom. The van der Waals surface area contributed by atoms with Crippen LogP contribution in [-0.2, 0) is 9.53 Å². The maximum Gasteiger partial charge on any atom is 0.318 e. The number of rotatable bonds is 7. The smallest absolute Gasteiger partial charge is 0.318 e. The predicted octanol–water partition coefficient (Wildman–Crippen LogP) is 4.44. The Balaban J connectivity index is 1.57. The molecule has 0 aliphatic carbocycles. The third kappa shape index (κ3) is 4.77. The van der Waals surface area contributed by atoms with Gasteiger partial charge >= 0.3 is 5.69 Å². The van der Waals surface area contributed by atoms with Gasteiger partial charge in [-0.25, -0.2) is 0 Å². The Hall–Kier alpha value is -5.40. The molecule has 3 aromatic rings. The SMILES string of the molecule is CC(=O)N1N=C(c2cccc([N+](=O)[O-])c2)O[C@H]1c1ccc(Oc2ccc([N+](=O)[O-])cc2[N+](=O)[O-])cc1. The summed E-state index contributed by atoms with van der Waals surface area (Å²) in [5.41, 5.74) is -0.418. The molecule has 0 saturated carbocycles. The largest absolute Gasteiger partial charge is 0.450 e. The van der Waals surface area contributed by atoms with Gasteiger partial charge in [0.25, 0.3) is 11.4 Å². The Kier molecular flexibility index (Phi) is 6.24. The van der Waals surface area contributed by atoms with Gasteiger partial charge in [-0.2, -0.15) is 5.01 Å². The third-order valence-electron chi connectivity index (χ3n) is 5.01. The second-order valence-corrected chi connectivity index (χ2v) is 7.38. The zero-order valence-corrected chi connectivity index (χ0v) is 18.3. The molecule has 14 nitrogen and oxygen atoms in total. The Morgan fingerprint density at radius 2 is 1.58 bits per heavy atom. The van der Waals surface area contributed by atoms with Gasteiger partial charge in [0.2, 0.25) is 23.8 Å². The standard InChI is InChI=1S/C22H15N5O9/c1-13(28)24-22(36-21(23-24)15-3-2-4-16(11-15)25(29)30)14-5-8-18(9-6-14)35-20-10-7-17(26(31)32)12-19(20)27(33)34/h2-12,22H,1H3/t22-/m0/s1. The van der Waals surface area contributed by atoms with Crippen molar-refractivity contribution in [3.63, 3.8) is 0 Å². The van der Waals surface area contributed by atoms with Crippen molar-refractivity contribution in [2.75, 3.05) is 0 Å². The van der Waals surface area contributed by atoms with Crippen molar-refractivity contribution in [1.82, 2.24) is 5.01 Å². The van der Waals surface area contributed by atoms with Crippen LogP contribution in [0.4, 0.5) is 17.1 Å². The average Bonchev–Trinajstić information content (AvgIpc) is 3.30. The van der Waals surface area contributed by atoms with Crippen LogP contribution in [0.2, 0.25) is 0 Å². The first-order chi connectivity index (χ1) is 17.1. The lowest BCUT2D eigenvalue weighted by atomic mass is 10.1. The number of nitrogens with zero attached hydrogens (tertiary/aromatic N) is 5. The molecule has 0 aromatic heterocycles. The van der Waals surface area contributed by atoms with Gasteiger partial charge in [0, 0.05) is 36.2 Å². The van der Waals surface area contributed by atoms with Gasteiger partial charge in [0.05, 0.1) is 20.8 Å². The van der Waals surface area contributed by atoms with Crippen molar-refractivity contribution in [2.45, 2.75) is 13.2 Å². The van der Waals surface area contributed by atoms with Crippen molar-refractivity contribution >= 4 is 28.9 Å². The van der Waals surface area contributed by atoms with Gasteiger partial charge < -0.3 is 9.47 Å². The molecule has 0 radical (unpaired) electrons. The highest BCUT2D eigenvalue weighted by Gasteiger charge is 2.33. The highest BCUT2D eigenvalue weighted by molar-refractivity contribution is 5.96. The van der Waals surface area contributed by atoms with E-state index in [1.54, 1.807) is 18.2 Å². The topological polar surface area (TPSA) is 181 Å². The molecule has 1 aliphatic rings. The minimum absolute atomic E-state index is 0.0146. The normalized spacial score (nSPS) is 14.5. The molecule has 4 rings (SSSR count). The lowest BCUT2D eigenvalue weighted by molar-refractivity contribution is -0.394. The molecule has 0 saturated heterocycles. The van der Waals surface area contributed by atoms with Gasteiger partial charge in [-0.15, -0.1) is 5.10 Å². The zero-order chi connectivity index (χ0) is 26.0. The monoisotopic (exact) mass is 493 g/mol. The highest BCUT2D eigenvalue weighted by atomic mass is 16.6.